The van der Waals surface area contributed by atoms with Gasteiger partial charge in [-0.2, -0.15) is 0 Å². The zero-order valence-electron chi connectivity index (χ0n) is 10.1. The van der Waals surface area contributed by atoms with Crippen LogP contribution < -0.4 is 0 Å². The normalized spacial score (nSPS) is 10.8. The number of imidazole rings is 1. The van der Waals surface area contributed by atoms with Crippen LogP contribution in [0.3, 0.4) is 0 Å². The molecule has 4 nitrogen and oxygen atoms in total. The van der Waals surface area contributed by atoms with Crippen LogP contribution in [0.25, 0.3) is 11.0 Å². The van der Waals surface area contributed by atoms with Gasteiger partial charge in [-0.25, -0.2) is 4.39 Å². The van der Waals surface area contributed by atoms with Crippen molar-refractivity contribution in [3.63, 3.8) is 0 Å². The van der Waals surface area contributed by atoms with Crippen molar-refractivity contribution in [2.75, 3.05) is 7.11 Å². The third kappa shape index (κ3) is 2.28. The first kappa shape index (κ1) is 12.8. The third-order valence-electron chi connectivity index (χ3n) is 2.82. The third-order valence-corrected chi connectivity index (χ3v) is 3.14. The summed E-state index contributed by atoms with van der Waals surface area (Å²) < 4.78 is 20.3. The Bertz CT molecular complexity index is 660. The minimum absolute atomic E-state index is 0.230. The Morgan fingerprint density at radius 2 is 2.28 bits per heavy atom. The zero-order chi connectivity index (χ0) is 13.3. The monoisotopic (exact) mass is 268 g/mol. The number of carbonyl (C=O) groups is 1. The molecule has 0 bridgehead atoms. The van der Waals surface area contributed by atoms with Crippen molar-refractivity contribution in [3.05, 3.63) is 28.3 Å². The molecule has 0 radical (unpaired) electrons. The fourth-order valence-electron chi connectivity index (χ4n) is 1.81. The van der Waals surface area contributed by atoms with E-state index in [1.54, 1.807) is 17.6 Å². The van der Waals surface area contributed by atoms with Crippen LogP contribution in [0.2, 0.25) is 0 Å². The van der Waals surface area contributed by atoms with Crippen LogP contribution in [0.4, 0.5) is 4.39 Å². The summed E-state index contributed by atoms with van der Waals surface area (Å²) in [6.45, 7) is 2.10. The summed E-state index contributed by atoms with van der Waals surface area (Å²) in [5, 5.41) is 0. The summed E-state index contributed by atoms with van der Waals surface area (Å²) in [4.78, 5) is 14.1. The molecule has 2 aromatic rings. The van der Waals surface area contributed by atoms with Crippen molar-refractivity contribution in [1.29, 1.82) is 0 Å². The lowest BCUT2D eigenvalue weighted by Gasteiger charge is -2.04. The fourth-order valence-corrected chi connectivity index (χ4v) is 2.11. The van der Waals surface area contributed by atoms with Crippen LogP contribution in [-0.2, 0) is 16.1 Å². The van der Waals surface area contributed by atoms with Crippen LogP contribution in [-0.4, -0.2) is 22.6 Å². The second kappa shape index (κ2) is 4.89. The van der Waals surface area contributed by atoms with E-state index < -0.39 is 0 Å². The average molecular weight is 268 g/mol. The molecule has 2 rings (SSSR count). The molecule has 96 valence electrons. The second-order valence-electron chi connectivity index (χ2n) is 4.03. The van der Waals surface area contributed by atoms with E-state index in [1.165, 1.54) is 13.2 Å². The first-order valence-electron chi connectivity index (χ1n) is 5.48. The van der Waals surface area contributed by atoms with E-state index in [-0.39, 0.29) is 18.2 Å². The van der Waals surface area contributed by atoms with E-state index in [0.29, 0.717) is 22.4 Å². The summed E-state index contributed by atoms with van der Waals surface area (Å²) >= 11 is 5.16. The highest BCUT2D eigenvalue weighted by Gasteiger charge is 2.09. The molecule has 0 saturated carbocycles. The summed E-state index contributed by atoms with van der Waals surface area (Å²) in [5.74, 6) is -0.580. The fraction of sp³-hybridized carbons (Fsp3) is 0.333. The van der Waals surface area contributed by atoms with Crippen molar-refractivity contribution >= 4 is 29.2 Å². The van der Waals surface area contributed by atoms with Gasteiger partial charge in [0.25, 0.3) is 0 Å². The molecule has 1 heterocycles. The molecule has 0 aliphatic rings. The molecule has 0 aliphatic heterocycles. The molecular weight excluding hydrogens is 255 g/mol. The van der Waals surface area contributed by atoms with Gasteiger partial charge in [-0.3, -0.25) is 4.79 Å². The van der Waals surface area contributed by atoms with E-state index >= 15 is 0 Å². The molecule has 0 unspecified atom stereocenters. The average Bonchev–Trinajstić information content (AvgIpc) is 2.62. The molecule has 1 aromatic heterocycles. The van der Waals surface area contributed by atoms with E-state index in [4.69, 9.17) is 12.2 Å². The van der Waals surface area contributed by atoms with Gasteiger partial charge in [0, 0.05) is 6.54 Å². The number of halogens is 1. The number of fused-ring (bicyclic) bond motifs is 1. The number of benzene rings is 1. The quantitative estimate of drug-likeness (QED) is 0.687. The number of ether oxygens (including phenoxy) is 1. The van der Waals surface area contributed by atoms with Gasteiger partial charge in [0.05, 0.1) is 24.6 Å². The smallest absolute Gasteiger partial charge is 0.307 e. The summed E-state index contributed by atoms with van der Waals surface area (Å²) in [5.41, 5.74) is 1.97. The largest absolute Gasteiger partial charge is 0.469 e. The molecule has 0 atom stereocenters. The molecule has 1 aromatic carbocycles. The lowest BCUT2D eigenvalue weighted by Crippen LogP contribution is -2.07. The lowest BCUT2D eigenvalue weighted by molar-refractivity contribution is -0.140. The van der Waals surface area contributed by atoms with Crippen LogP contribution >= 0.6 is 12.2 Å². The van der Waals surface area contributed by atoms with Gasteiger partial charge in [-0.15, -0.1) is 0 Å². The summed E-state index contributed by atoms with van der Waals surface area (Å²) in [6, 6.07) is 3.13. The van der Waals surface area contributed by atoms with Crippen molar-refractivity contribution in [2.45, 2.75) is 19.9 Å². The summed E-state index contributed by atoms with van der Waals surface area (Å²) in [6.07, 6.45) is 0.230. The summed E-state index contributed by atoms with van der Waals surface area (Å²) in [7, 11) is 1.34. The van der Waals surface area contributed by atoms with Crippen molar-refractivity contribution < 1.29 is 13.9 Å². The molecule has 0 saturated heterocycles. The predicted octanol–water partition coefficient (Wildman–Crippen LogP) is 2.71. The molecule has 18 heavy (non-hydrogen) atoms. The maximum absolute atomic E-state index is 13.4. The lowest BCUT2D eigenvalue weighted by atomic mass is 10.2. The predicted molar refractivity (Wildman–Crippen MR) is 68.5 cm³/mol. The van der Waals surface area contributed by atoms with Gasteiger partial charge in [0.1, 0.15) is 5.82 Å². The maximum atomic E-state index is 13.4. The number of aromatic nitrogens is 2. The first-order chi connectivity index (χ1) is 8.52. The number of aromatic amines is 1. The number of nitrogens with one attached hydrogen (secondary N) is 1. The number of esters is 1. The minimum Gasteiger partial charge on any atom is -0.469 e. The number of nitrogens with zero attached hydrogens (tertiary/aromatic N) is 1. The highest BCUT2D eigenvalue weighted by molar-refractivity contribution is 7.71. The SMILES string of the molecule is COC(=O)CCn1c(=S)[nH]c2cc(F)c(C)cc21. The van der Waals surface area contributed by atoms with Gasteiger partial charge in [0.2, 0.25) is 0 Å². The number of hydrogen-bond donors (Lipinski definition) is 1. The van der Waals surface area contributed by atoms with Gasteiger partial charge >= 0.3 is 5.97 Å². The molecular formula is C12H13FN2O2S. The Hall–Kier alpha value is -1.69. The molecule has 6 heteroatoms. The topological polar surface area (TPSA) is 47.0 Å². The van der Waals surface area contributed by atoms with Crippen LogP contribution in [0.5, 0.6) is 0 Å². The molecule has 0 amide bonds. The second-order valence-corrected chi connectivity index (χ2v) is 4.41. The highest BCUT2D eigenvalue weighted by Crippen LogP contribution is 2.19. The number of carbonyl (C=O) groups excluding carboxylic acids is 1. The Labute approximate surface area is 108 Å². The molecule has 0 spiro atoms. The van der Waals surface area contributed by atoms with Gasteiger partial charge in [0.15, 0.2) is 4.77 Å². The van der Waals surface area contributed by atoms with E-state index in [1.807, 2.05) is 0 Å². The van der Waals surface area contributed by atoms with Gasteiger partial charge < -0.3 is 14.3 Å². The number of rotatable bonds is 3. The van der Waals surface area contributed by atoms with Crippen molar-refractivity contribution in [3.8, 4) is 0 Å². The molecule has 1 N–H and O–H groups in total. The van der Waals surface area contributed by atoms with E-state index in [0.717, 1.165) is 5.52 Å². The van der Waals surface area contributed by atoms with Gasteiger partial charge in [-0.05, 0) is 36.8 Å². The minimum atomic E-state index is -0.301. The van der Waals surface area contributed by atoms with Crippen molar-refractivity contribution in [2.24, 2.45) is 0 Å². The Morgan fingerprint density at radius 3 is 2.94 bits per heavy atom. The Balaban J connectivity index is 2.44. The van der Waals surface area contributed by atoms with Crippen LogP contribution in [0.1, 0.15) is 12.0 Å². The van der Waals surface area contributed by atoms with Gasteiger partial charge in [-0.1, -0.05) is 0 Å². The van der Waals surface area contributed by atoms with E-state index in [2.05, 4.69) is 9.72 Å². The maximum Gasteiger partial charge on any atom is 0.307 e. The van der Waals surface area contributed by atoms with Crippen molar-refractivity contribution in [1.82, 2.24) is 9.55 Å². The number of methoxy groups -OCH3 is 1. The van der Waals surface area contributed by atoms with Crippen LogP contribution in [0, 0.1) is 17.5 Å². The highest BCUT2D eigenvalue weighted by atomic mass is 32.1. The zero-order valence-corrected chi connectivity index (χ0v) is 10.9. The first-order valence-corrected chi connectivity index (χ1v) is 5.89. The van der Waals surface area contributed by atoms with Crippen LogP contribution in [0.15, 0.2) is 12.1 Å². The Morgan fingerprint density at radius 1 is 1.56 bits per heavy atom. The molecule has 0 aliphatic carbocycles. The number of H-pyrrole nitrogens is 1. The Kier molecular flexibility index (Phi) is 3.47. The number of hydrogen-bond acceptors (Lipinski definition) is 3. The molecule has 0 fully saturated rings. The van der Waals surface area contributed by atoms with E-state index in [9.17, 15) is 9.18 Å². The standard InChI is InChI=1S/C12H13FN2O2S/c1-7-5-10-9(6-8(7)13)14-12(18)15(10)4-3-11(16)17-2/h5-6H,3-4H2,1-2H3,(H,14,18). The number of aryl methyl sites for hydroxylation is 2.